The maximum absolute atomic E-state index is 13.6. The van der Waals surface area contributed by atoms with E-state index < -0.39 is 11.9 Å². The van der Waals surface area contributed by atoms with Crippen LogP contribution in [0.5, 0.6) is 5.75 Å². The number of anilines is 1. The Bertz CT molecular complexity index is 700. The first-order valence-electron chi connectivity index (χ1n) is 5.72. The lowest BCUT2D eigenvalue weighted by Crippen LogP contribution is -2.08. The fraction of sp³-hybridized carbons (Fsp3) is 0.154. The molecule has 0 amide bonds. The van der Waals surface area contributed by atoms with Crippen LogP contribution >= 0.6 is 55.1 Å². The lowest BCUT2D eigenvalue weighted by atomic mass is 10.1. The van der Waals surface area contributed by atoms with Gasteiger partial charge < -0.3 is 10.5 Å². The molecule has 0 saturated carbocycles. The third-order valence-corrected chi connectivity index (χ3v) is 5.37. The van der Waals surface area contributed by atoms with E-state index in [9.17, 15) is 4.39 Å². The van der Waals surface area contributed by atoms with Crippen LogP contribution in [0.25, 0.3) is 0 Å². The molecule has 3 nitrogen and oxygen atoms in total. The second-order valence-corrected chi connectivity index (χ2v) is 6.58. The van der Waals surface area contributed by atoms with Gasteiger partial charge in [0.15, 0.2) is 11.6 Å². The summed E-state index contributed by atoms with van der Waals surface area (Å²) in [7, 11) is 0. The fourth-order valence-corrected chi connectivity index (χ4v) is 3.08. The molecule has 1 atom stereocenters. The van der Waals surface area contributed by atoms with E-state index in [-0.39, 0.29) is 10.8 Å². The first kappa shape index (κ1) is 16.8. The number of nitrogens with two attached hydrogens (primary N) is 1. The summed E-state index contributed by atoms with van der Waals surface area (Å²) in [5, 5.41) is 0.235. The van der Waals surface area contributed by atoms with Crippen LogP contribution < -0.4 is 10.5 Å². The second-order valence-electron chi connectivity index (χ2n) is 4.15. The van der Waals surface area contributed by atoms with Crippen LogP contribution in [0, 0.1) is 5.82 Å². The average molecular weight is 459 g/mol. The molecule has 0 bridgehead atoms. The van der Waals surface area contributed by atoms with E-state index in [0.29, 0.717) is 25.3 Å². The summed E-state index contributed by atoms with van der Waals surface area (Å²) in [6, 6.07) is 2.63. The Hall–Kier alpha value is -0.560. The van der Waals surface area contributed by atoms with Crippen LogP contribution in [0.3, 0.4) is 0 Å². The van der Waals surface area contributed by atoms with E-state index in [1.807, 2.05) is 0 Å². The molecule has 21 heavy (non-hydrogen) atoms. The normalized spacial score (nSPS) is 12.3. The van der Waals surface area contributed by atoms with Gasteiger partial charge in [0.1, 0.15) is 11.9 Å². The molecule has 0 aliphatic rings. The summed E-state index contributed by atoms with van der Waals surface area (Å²) >= 11 is 18.7. The summed E-state index contributed by atoms with van der Waals surface area (Å²) < 4.78 is 20.6. The zero-order valence-electron chi connectivity index (χ0n) is 10.6. The van der Waals surface area contributed by atoms with E-state index in [4.69, 9.17) is 33.7 Å². The van der Waals surface area contributed by atoms with Gasteiger partial charge >= 0.3 is 0 Å². The summed E-state index contributed by atoms with van der Waals surface area (Å²) in [5.74, 6) is -0.0419. The smallest absolute Gasteiger partial charge is 0.177 e. The van der Waals surface area contributed by atoms with E-state index in [1.54, 1.807) is 13.1 Å². The molecule has 0 radical (unpaired) electrons. The molecule has 1 heterocycles. The number of nitrogen functional groups attached to an aromatic ring is 1. The van der Waals surface area contributed by atoms with Crippen LogP contribution in [0.15, 0.2) is 27.3 Å². The van der Waals surface area contributed by atoms with Gasteiger partial charge in [0, 0.05) is 16.8 Å². The lowest BCUT2D eigenvalue weighted by molar-refractivity contribution is 0.225. The maximum atomic E-state index is 13.6. The summed E-state index contributed by atoms with van der Waals surface area (Å²) in [6.07, 6.45) is 0.925. The van der Waals surface area contributed by atoms with Crippen LogP contribution in [-0.2, 0) is 0 Å². The number of halogens is 5. The predicted octanol–water partition coefficient (Wildman–Crippen LogP) is 5.77. The molecule has 0 fully saturated rings. The van der Waals surface area contributed by atoms with Crippen LogP contribution in [0.1, 0.15) is 18.6 Å². The molecule has 8 heteroatoms. The van der Waals surface area contributed by atoms with Crippen molar-refractivity contribution in [2.45, 2.75) is 13.0 Å². The fourth-order valence-electron chi connectivity index (χ4n) is 1.73. The minimum absolute atomic E-state index is 0.0763. The van der Waals surface area contributed by atoms with Crippen molar-refractivity contribution in [1.29, 1.82) is 0 Å². The Balaban J connectivity index is 2.42. The number of pyridine rings is 1. The van der Waals surface area contributed by atoms with Crippen molar-refractivity contribution >= 4 is 60.9 Å². The van der Waals surface area contributed by atoms with Crippen LogP contribution in [0.4, 0.5) is 10.2 Å². The standard InChI is InChI=1S/C13H9Br2Cl2FN2O/c1-5(9-7(16)2-3-8(18)11(9)17)21-12-10(15)6(14)4-20-13(12)19/h2-5H,1H3,(H2,19,20)/t5-/m1/s1. The molecule has 0 spiro atoms. The van der Waals surface area contributed by atoms with Crippen molar-refractivity contribution in [1.82, 2.24) is 4.98 Å². The Labute approximate surface area is 147 Å². The van der Waals surface area contributed by atoms with Crippen molar-refractivity contribution in [3.63, 3.8) is 0 Å². The highest BCUT2D eigenvalue weighted by Crippen LogP contribution is 2.40. The zero-order chi connectivity index (χ0) is 15.7. The van der Waals surface area contributed by atoms with Gasteiger partial charge in [-0.3, -0.25) is 0 Å². The summed E-state index contributed by atoms with van der Waals surface area (Å²) in [4.78, 5) is 3.98. The lowest BCUT2D eigenvalue weighted by Gasteiger charge is -2.20. The highest BCUT2D eigenvalue weighted by atomic mass is 79.9. The quantitative estimate of drug-likeness (QED) is 0.593. The third-order valence-electron chi connectivity index (χ3n) is 2.74. The Morgan fingerprint density at radius 3 is 2.67 bits per heavy atom. The minimum atomic E-state index is -0.615. The van der Waals surface area contributed by atoms with Gasteiger partial charge in [0.2, 0.25) is 0 Å². The molecule has 2 aromatic rings. The predicted molar refractivity (Wildman–Crippen MR) is 89.5 cm³/mol. The average Bonchev–Trinajstić information content (AvgIpc) is 2.44. The van der Waals surface area contributed by atoms with Crippen molar-refractivity contribution in [3.8, 4) is 5.75 Å². The first-order valence-corrected chi connectivity index (χ1v) is 8.06. The molecule has 2 rings (SSSR count). The molecular weight excluding hydrogens is 450 g/mol. The zero-order valence-corrected chi connectivity index (χ0v) is 15.3. The molecule has 0 unspecified atom stereocenters. The Kier molecular flexibility index (Phi) is 5.35. The van der Waals surface area contributed by atoms with Gasteiger partial charge in [-0.25, -0.2) is 9.37 Å². The van der Waals surface area contributed by atoms with E-state index in [0.717, 1.165) is 0 Å². The molecular formula is C13H9Br2Cl2FN2O. The van der Waals surface area contributed by atoms with Crippen LogP contribution in [0.2, 0.25) is 10.0 Å². The molecule has 2 N–H and O–H groups in total. The van der Waals surface area contributed by atoms with E-state index in [2.05, 4.69) is 36.8 Å². The summed E-state index contributed by atoms with van der Waals surface area (Å²) in [5.41, 5.74) is 6.15. The van der Waals surface area contributed by atoms with Crippen molar-refractivity contribution < 1.29 is 9.13 Å². The minimum Gasteiger partial charge on any atom is -0.481 e. The Morgan fingerprint density at radius 1 is 1.33 bits per heavy atom. The van der Waals surface area contributed by atoms with Gasteiger partial charge in [-0.1, -0.05) is 23.2 Å². The van der Waals surface area contributed by atoms with E-state index in [1.165, 1.54) is 12.1 Å². The monoisotopic (exact) mass is 456 g/mol. The summed E-state index contributed by atoms with van der Waals surface area (Å²) in [6.45, 7) is 1.69. The number of rotatable bonds is 3. The Morgan fingerprint density at radius 2 is 2.00 bits per heavy atom. The molecule has 1 aromatic heterocycles. The highest BCUT2D eigenvalue weighted by molar-refractivity contribution is 9.13. The van der Waals surface area contributed by atoms with Gasteiger partial charge in [-0.15, -0.1) is 0 Å². The van der Waals surface area contributed by atoms with Gasteiger partial charge in [0.25, 0.3) is 0 Å². The number of hydrogen-bond donors (Lipinski definition) is 1. The van der Waals surface area contributed by atoms with Gasteiger partial charge in [-0.05, 0) is 50.9 Å². The number of benzene rings is 1. The first-order chi connectivity index (χ1) is 9.82. The molecule has 112 valence electrons. The molecule has 0 aliphatic carbocycles. The SMILES string of the molecule is C[C@@H](Oc1c(N)ncc(Br)c1Br)c1c(Cl)ccc(F)c1Cl. The number of nitrogens with zero attached hydrogens (tertiary/aromatic N) is 1. The third kappa shape index (κ3) is 3.44. The van der Waals surface area contributed by atoms with Gasteiger partial charge in [-0.2, -0.15) is 0 Å². The van der Waals surface area contributed by atoms with Crippen molar-refractivity contribution in [2.24, 2.45) is 0 Å². The van der Waals surface area contributed by atoms with Gasteiger partial charge in [0.05, 0.1) is 14.0 Å². The van der Waals surface area contributed by atoms with Crippen molar-refractivity contribution in [2.75, 3.05) is 5.73 Å². The molecule has 0 saturated heterocycles. The second kappa shape index (κ2) is 6.69. The topological polar surface area (TPSA) is 48.1 Å². The van der Waals surface area contributed by atoms with E-state index >= 15 is 0 Å². The van der Waals surface area contributed by atoms with Crippen molar-refractivity contribution in [3.05, 3.63) is 48.7 Å². The molecule has 1 aromatic carbocycles. The number of hydrogen-bond acceptors (Lipinski definition) is 3. The largest absolute Gasteiger partial charge is 0.481 e. The highest BCUT2D eigenvalue weighted by Gasteiger charge is 2.21. The molecule has 0 aliphatic heterocycles. The van der Waals surface area contributed by atoms with Crippen LogP contribution in [-0.4, -0.2) is 4.98 Å². The maximum Gasteiger partial charge on any atom is 0.177 e. The number of ether oxygens (including phenoxy) is 1. The number of aromatic nitrogens is 1.